The Morgan fingerprint density at radius 2 is 2.03 bits per heavy atom. The van der Waals surface area contributed by atoms with Gasteiger partial charge in [0, 0.05) is 82.9 Å². The lowest BCUT2D eigenvalue weighted by atomic mass is 10.0. The maximum atomic E-state index is 11.7. The van der Waals surface area contributed by atoms with Crippen molar-refractivity contribution in [1.29, 1.82) is 0 Å². The van der Waals surface area contributed by atoms with Crippen LogP contribution in [0.15, 0.2) is 18.2 Å². The summed E-state index contributed by atoms with van der Waals surface area (Å²) >= 11 is 0. The molecule has 0 unspecified atom stereocenters. The number of anilines is 2. The second-order valence-corrected chi connectivity index (χ2v) is 10.0. The van der Waals surface area contributed by atoms with Gasteiger partial charge >= 0.3 is 0 Å². The van der Waals surface area contributed by atoms with E-state index < -0.39 is 0 Å². The zero-order chi connectivity index (χ0) is 23.1. The van der Waals surface area contributed by atoms with E-state index in [1.807, 2.05) is 11.9 Å². The minimum absolute atomic E-state index is 0.142. The van der Waals surface area contributed by atoms with Crippen molar-refractivity contribution in [3.63, 3.8) is 0 Å². The van der Waals surface area contributed by atoms with Crippen molar-refractivity contribution in [3.05, 3.63) is 46.4 Å². The van der Waals surface area contributed by atoms with Gasteiger partial charge in [-0.1, -0.05) is 12.1 Å². The molecule has 4 heterocycles. The molecule has 1 fully saturated rings. The van der Waals surface area contributed by atoms with Crippen molar-refractivity contribution in [2.45, 2.75) is 65.1 Å². The largest absolute Gasteiger partial charge is 0.373 e. The van der Waals surface area contributed by atoms with Crippen LogP contribution in [0, 0.1) is 0 Å². The number of aromatic nitrogens is 2. The van der Waals surface area contributed by atoms with Crippen LogP contribution in [0.25, 0.3) is 0 Å². The number of benzene rings is 1. The van der Waals surface area contributed by atoms with Crippen molar-refractivity contribution in [2.75, 3.05) is 43.4 Å². The first-order chi connectivity index (χ1) is 15.9. The molecule has 1 amide bonds. The Balaban J connectivity index is 1.31. The molecule has 2 aromatic rings. The summed E-state index contributed by atoms with van der Waals surface area (Å²) in [5, 5.41) is 3.32. The summed E-state index contributed by atoms with van der Waals surface area (Å²) in [6, 6.07) is 7.58. The lowest BCUT2D eigenvalue weighted by molar-refractivity contribution is -0.127. The normalized spacial score (nSPS) is 20.3. The van der Waals surface area contributed by atoms with Gasteiger partial charge < -0.3 is 15.1 Å². The summed E-state index contributed by atoms with van der Waals surface area (Å²) in [4.78, 5) is 28.6. The van der Waals surface area contributed by atoms with Gasteiger partial charge in [0.15, 0.2) is 0 Å². The number of nitrogens with zero attached hydrogens (tertiary/aromatic N) is 5. The zero-order valence-electron chi connectivity index (χ0n) is 20.4. The minimum Gasteiger partial charge on any atom is -0.373 e. The molecule has 7 heteroatoms. The fraction of sp³-hybridized carbons (Fsp3) is 0.577. The molecule has 3 aliphatic rings. The molecular weight excluding hydrogens is 412 g/mol. The first kappa shape index (κ1) is 22.1. The van der Waals surface area contributed by atoms with E-state index in [2.05, 4.69) is 47.2 Å². The zero-order valence-corrected chi connectivity index (χ0v) is 20.4. The van der Waals surface area contributed by atoms with Crippen LogP contribution in [0.3, 0.4) is 0 Å². The summed E-state index contributed by atoms with van der Waals surface area (Å²) in [7, 11) is 1.95. The van der Waals surface area contributed by atoms with Crippen LogP contribution in [-0.4, -0.2) is 64.9 Å². The van der Waals surface area contributed by atoms with E-state index in [-0.39, 0.29) is 11.8 Å². The standard InChI is InChI=1S/C26H36N6O/c1-17(2)32-12-8-20-13-19(5-6-24(20)32)14-30-10-9-23-22(16-30)26(27-4)29-25(28-23)21-7-11-31(15-21)18(3)33/h5-6,13,17,21H,7-12,14-16H2,1-4H3,(H,27,28,29)/t21-/m0/s1. The number of carbonyl (C=O) groups is 1. The molecule has 1 saturated heterocycles. The predicted molar refractivity (Wildman–Crippen MR) is 132 cm³/mol. The first-order valence-electron chi connectivity index (χ1n) is 12.4. The molecule has 3 aliphatic heterocycles. The van der Waals surface area contributed by atoms with E-state index in [1.165, 1.54) is 28.1 Å². The van der Waals surface area contributed by atoms with E-state index in [4.69, 9.17) is 9.97 Å². The maximum absolute atomic E-state index is 11.7. The van der Waals surface area contributed by atoms with Crippen molar-refractivity contribution in [2.24, 2.45) is 0 Å². The number of fused-ring (bicyclic) bond motifs is 2. The van der Waals surface area contributed by atoms with Gasteiger partial charge in [0.2, 0.25) is 5.91 Å². The topological polar surface area (TPSA) is 64.6 Å². The Labute approximate surface area is 197 Å². The number of carbonyl (C=O) groups excluding carboxylic acids is 1. The molecular formula is C26H36N6O. The van der Waals surface area contributed by atoms with Crippen molar-refractivity contribution in [3.8, 4) is 0 Å². The van der Waals surface area contributed by atoms with E-state index >= 15 is 0 Å². The molecule has 0 spiro atoms. The van der Waals surface area contributed by atoms with Gasteiger partial charge in [0.25, 0.3) is 0 Å². The molecule has 1 N–H and O–H groups in total. The van der Waals surface area contributed by atoms with Crippen LogP contribution in [0.4, 0.5) is 11.5 Å². The van der Waals surface area contributed by atoms with E-state index in [9.17, 15) is 4.79 Å². The highest BCUT2D eigenvalue weighted by atomic mass is 16.2. The maximum Gasteiger partial charge on any atom is 0.219 e. The van der Waals surface area contributed by atoms with Gasteiger partial charge in [-0.25, -0.2) is 9.97 Å². The molecule has 0 bridgehead atoms. The Morgan fingerprint density at radius 3 is 2.76 bits per heavy atom. The monoisotopic (exact) mass is 448 g/mol. The summed E-state index contributed by atoms with van der Waals surface area (Å²) in [6.07, 6.45) is 3.03. The smallest absolute Gasteiger partial charge is 0.219 e. The molecule has 1 atom stereocenters. The number of rotatable bonds is 5. The van der Waals surface area contributed by atoms with Gasteiger partial charge in [-0.15, -0.1) is 0 Å². The molecule has 7 nitrogen and oxygen atoms in total. The van der Waals surface area contributed by atoms with Gasteiger partial charge in [-0.3, -0.25) is 9.69 Å². The van der Waals surface area contributed by atoms with E-state index in [1.54, 1.807) is 6.92 Å². The van der Waals surface area contributed by atoms with Gasteiger partial charge in [0.05, 0.1) is 5.69 Å². The van der Waals surface area contributed by atoms with Gasteiger partial charge in [-0.2, -0.15) is 0 Å². The molecule has 0 radical (unpaired) electrons. The molecule has 1 aromatic carbocycles. The third kappa shape index (κ3) is 4.31. The average molecular weight is 449 g/mol. The van der Waals surface area contributed by atoms with Crippen LogP contribution in [0.2, 0.25) is 0 Å². The number of amides is 1. The van der Waals surface area contributed by atoms with Crippen LogP contribution in [0.5, 0.6) is 0 Å². The summed E-state index contributed by atoms with van der Waals surface area (Å²) in [5.74, 6) is 2.22. The number of hydrogen-bond donors (Lipinski definition) is 1. The quantitative estimate of drug-likeness (QED) is 0.758. The van der Waals surface area contributed by atoms with Crippen LogP contribution in [-0.2, 0) is 30.7 Å². The van der Waals surface area contributed by atoms with Crippen LogP contribution in [0.1, 0.15) is 61.3 Å². The first-order valence-corrected chi connectivity index (χ1v) is 12.4. The number of likely N-dealkylation sites (tertiary alicyclic amines) is 1. The Hall–Kier alpha value is -2.67. The van der Waals surface area contributed by atoms with Crippen molar-refractivity contribution in [1.82, 2.24) is 19.8 Å². The molecule has 33 heavy (non-hydrogen) atoms. The average Bonchev–Trinajstić information content (AvgIpc) is 3.46. The molecule has 5 rings (SSSR count). The molecule has 0 saturated carbocycles. The van der Waals surface area contributed by atoms with E-state index in [0.29, 0.717) is 6.04 Å². The van der Waals surface area contributed by atoms with Crippen molar-refractivity contribution < 1.29 is 4.79 Å². The van der Waals surface area contributed by atoms with Crippen molar-refractivity contribution >= 4 is 17.4 Å². The lowest BCUT2D eigenvalue weighted by Gasteiger charge is -2.30. The Kier molecular flexibility index (Phi) is 5.99. The highest BCUT2D eigenvalue weighted by Gasteiger charge is 2.30. The molecule has 176 valence electrons. The third-order valence-electron chi connectivity index (χ3n) is 7.50. The fourth-order valence-electron chi connectivity index (χ4n) is 5.64. The van der Waals surface area contributed by atoms with Crippen LogP contribution >= 0.6 is 0 Å². The van der Waals surface area contributed by atoms with E-state index in [0.717, 1.165) is 70.2 Å². The fourth-order valence-corrected chi connectivity index (χ4v) is 5.64. The Morgan fingerprint density at radius 1 is 1.18 bits per heavy atom. The summed E-state index contributed by atoms with van der Waals surface area (Å²) < 4.78 is 0. The second-order valence-electron chi connectivity index (χ2n) is 10.0. The number of nitrogens with one attached hydrogen (secondary N) is 1. The molecule has 1 aromatic heterocycles. The minimum atomic E-state index is 0.142. The molecule has 0 aliphatic carbocycles. The van der Waals surface area contributed by atoms with Gasteiger partial charge in [-0.05, 0) is 43.9 Å². The Bertz CT molecular complexity index is 1030. The van der Waals surface area contributed by atoms with Crippen LogP contribution < -0.4 is 10.2 Å². The van der Waals surface area contributed by atoms with Gasteiger partial charge in [0.1, 0.15) is 11.6 Å². The summed E-state index contributed by atoms with van der Waals surface area (Å²) in [5.41, 5.74) is 6.68. The highest BCUT2D eigenvalue weighted by Crippen LogP contribution is 2.33. The number of hydrogen-bond acceptors (Lipinski definition) is 6. The predicted octanol–water partition coefficient (Wildman–Crippen LogP) is 3.18. The third-order valence-corrected chi connectivity index (χ3v) is 7.50. The highest BCUT2D eigenvalue weighted by molar-refractivity contribution is 5.73. The second kappa shape index (κ2) is 8.93. The summed E-state index contributed by atoms with van der Waals surface area (Å²) in [6.45, 7) is 11.7. The lowest BCUT2D eigenvalue weighted by Crippen LogP contribution is -2.32. The SMILES string of the molecule is CNc1nc([C@H]2CCN(C(C)=O)C2)nc2c1CN(Cc1ccc3c(c1)CCN3C(C)C)CC2.